The summed E-state index contributed by atoms with van der Waals surface area (Å²) < 4.78 is 0. The van der Waals surface area contributed by atoms with Gasteiger partial charge in [0.05, 0.1) is 11.0 Å². The van der Waals surface area contributed by atoms with E-state index in [0.29, 0.717) is 23.8 Å². The van der Waals surface area contributed by atoms with Gasteiger partial charge in [-0.25, -0.2) is 0 Å². The van der Waals surface area contributed by atoms with Crippen molar-refractivity contribution >= 4 is 17.3 Å². The molecule has 3 nitrogen and oxygen atoms in total. The fourth-order valence-electron chi connectivity index (χ4n) is 8.45. The van der Waals surface area contributed by atoms with Crippen LogP contribution in [-0.4, -0.2) is 17.3 Å². The summed E-state index contributed by atoms with van der Waals surface area (Å²) in [5, 5.41) is 0. The summed E-state index contributed by atoms with van der Waals surface area (Å²) in [6.07, 6.45) is 5.54. The summed E-state index contributed by atoms with van der Waals surface area (Å²) in [4.78, 5) is 41.3. The van der Waals surface area contributed by atoms with Gasteiger partial charge in [-0.05, 0) is 106 Å². The second kappa shape index (κ2) is 9.42. The van der Waals surface area contributed by atoms with E-state index in [4.69, 9.17) is 0 Å². The number of Topliss-reactive ketones (excluding diaryl/α,β-unsaturated/α-hetero) is 3. The highest BCUT2D eigenvalue weighted by molar-refractivity contribution is 6.24. The number of benzene rings is 1. The number of carbonyl (C=O) groups is 3. The van der Waals surface area contributed by atoms with Gasteiger partial charge < -0.3 is 0 Å². The van der Waals surface area contributed by atoms with Crippen LogP contribution < -0.4 is 0 Å². The Labute approximate surface area is 230 Å². The van der Waals surface area contributed by atoms with Crippen LogP contribution in [0.4, 0.5) is 0 Å². The zero-order valence-electron chi connectivity index (χ0n) is 25.7. The fraction of sp³-hybridized carbons (Fsp3) is 0.629. The van der Waals surface area contributed by atoms with Crippen molar-refractivity contribution in [2.24, 2.45) is 22.2 Å². The highest BCUT2D eigenvalue weighted by Crippen LogP contribution is 2.66. The molecule has 1 aromatic carbocycles. The molecule has 1 aromatic rings. The van der Waals surface area contributed by atoms with Gasteiger partial charge in [0.25, 0.3) is 0 Å². The van der Waals surface area contributed by atoms with Gasteiger partial charge in [0, 0.05) is 16.6 Å². The predicted octanol–water partition coefficient (Wildman–Crippen LogP) is 8.45. The molecular weight excluding hydrogens is 468 g/mol. The minimum absolute atomic E-state index is 0.0937. The van der Waals surface area contributed by atoms with E-state index in [1.165, 1.54) is 23.6 Å². The summed E-state index contributed by atoms with van der Waals surface area (Å²) >= 11 is 0. The quantitative estimate of drug-likeness (QED) is 0.356. The summed E-state index contributed by atoms with van der Waals surface area (Å²) in [5.74, 6) is 0.841. The number of aryl methyl sites for hydroxylation is 1. The minimum Gasteiger partial charge on any atom is -0.294 e. The molecule has 3 aliphatic carbocycles. The second-order valence-electron chi connectivity index (χ2n) is 14.0. The van der Waals surface area contributed by atoms with Gasteiger partial charge in [0.1, 0.15) is 0 Å². The molecule has 0 fully saturated rings. The third-order valence-corrected chi connectivity index (χ3v) is 10.9. The van der Waals surface area contributed by atoms with E-state index in [9.17, 15) is 14.4 Å². The second-order valence-corrected chi connectivity index (χ2v) is 14.0. The molecule has 0 spiro atoms. The van der Waals surface area contributed by atoms with Gasteiger partial charge in [0.15, 0.2) is 17.3 Å². The van der Waals surface area contributed by atoms with Crippen LogP contribution in [0.2, 0.25) is 0 Å². The Balaban J connectivity index is 1.96. The molecule has 0 heterocycles. The molecule has 0 bridgehead atoms. The first-order chi connectivity index (χ1) is 17.5. The predicted molar refractivity (Wildman–Crippen MR) is 156 cm³/mol. The average molecular weight is 517 g/mol. The maximum absolute atomic E-state index is 14.7. The number of rotatable bonds is 6. The first kappa shape index (κ1) is 28.7. The Morgan fingerprint density at radius 1 is 1.03 bits per heavy atom. The van der Waals surface area contributed by atoms with E-state index in [1.807, 2.05) is 20.8 Å². The molecule has 0 aromatic heterocycles. The lowest BCUT2D eigenvalue weighted by Gasteiger charge is -2.59. The van der Waals surface area contributed by atoms with Crippen molar-refractivity contribution in [2.45, 2.75) is 121 Å². The van der Waals surface area contributed by atoms with E-state index < -0.39 is 5.41 Å². The molecule has 38 heavy (non-hydrogen) atoms. The van der Waals surface area contributed by atoms with E-state index in [0.717, 1.165) is 60.0 Å². The van der Waals surface area contributed by atoms with Crippen molar-refractivity contribution in [1.82, 2.24) is 0 Å². The molecule has 3 heteroatoms. The normalized spacial score (nSPS) is 29.9. The first-order valence-corrected chi connectivity index (χ1v) is 14.7. The van der Waals surface area contributed by atoms with Crippen LogP contribution in [0.5, 0.6) is 0 Å². The molecule has 3 aliphatic rings. The summed E-state index contributed by atoms with van der Waals surface area (Å²) in [6, 6.07) is 2.39. The van der Waals surface area contributed by atoms with Crippen molar-refractivity contribution < 1.29 is 14.4 Å². The van der Waals surface area contributed by atoms with Crippen molar-refractivity contribution in [3.63, 3.8) is 0 Å². The molecular formula is C35H48O3. The Kier molecular flexibility index (Phi) is 7.12. The van der Waals surface area contributed by atoms with Crippen LogP contribution in [0.25, 0.3) is 0 Å². The van der Waals surface area contributed by atoms with Crippen LogP contribution in [0.3, 0.4) is 0 Å². The molecule has 0 saturated carbocycles. The third-order valence-electron chi connectivity index (χ3n) is 10.9. The van der Waals surface area contributed by atoms with Crippen LogP contribution in [0.1, 0.15) is 133 Å². The van der Waals surface area contributed by atoms with Crippen molar-refractivity contribution in [3.8, 4) is 0 Å². The maximum Gasteiger partial charge on any atom is 0.190 e. The lowest BCUT2D eigenvalue weighted by Crippen LogP contribution is -2.57. The Hall–Kier alpha value is -2.29. The van der Waals surface area contributed by atoms with Crippen LogP contribution in [0, 0.1) is 29.1 Å². The van der Waals surface area contributed by atoms with E-state index in [1.54, 1.807) is 0 Å². The number of hydrogen-bond donors (Lipinski definition) is 0. The number of allylic oxidation sites excluding steroid dienone is 4. The summed E-state index contributed by atoms with van der Waals surface area (Å²) in [6.45, 7) is 23.1. The standard InChI is InChI=1S/C35H48O3/c1-12-20(4)13-14-25-15-26(19(2)3)27-17-33(9)18-34(10)16-21(5)28(24(8)36)32(38)35(34,11)23(7)30(33)31(37)29(27)22(25)6/h15,19-20H,12-14,16-18H2,1-11H3/t20?,33-,34+,35+/m1/s1. The fourth-order valence-corrected chi connectivity index (χ4v) is 8.45. The Morgan fingerprint density at radius 2 is 1.66 bits per heavy atom. The van der Waals surface area contributed by atoms with E-state index >= 15 is 0 Å². The number of fused-ring (bicyclic) bond motifs is 3. The topological polar surface area (TPSA) is 51.2 Å². The lowest BCUT2D eigenvalue weighted by molar-refractivity contribution is -0.134. The summed E-state index contributed by atoms with van der Waals surface area (Å²) in [5.41, 5.74) is 7.24. The van der Waals surface area contributed by atoms with Gasteiger partial charge in [-0.3, -0.25) is 14.4 Å². The molecule has 206 valence electrons. The zero-order valence-corrected chi connectivity index (χ0v) is 25.7. The molecule has 0 saturated heterocycles. The molecule has 1 unspecified atom stereocenters. The molecule has 0 amide bonds. The molecule has 0 N–H and O–H groups in total. The smallest absolute Gasteiger partial charge is 0.190 e. The first-order valence-electron chi connectivity index (χ1n) is 14.7. The Bertz CT molecular complexity index is 1300. The number of hydrogen-bond acceptors (Lipinski definition) is 3. The van der Waals surface area contributed by atoms with Gasteiger partial charge in [0.2, 0.25) is 0 Å². The SMILES string of the molecule is CCC(C)CCc1cc(C(C)C)c2c(c1C)C(=O)C1=C(C)[C@@]3(C)C(=O)C(C(C)=O)=C(C)C[C@@]3(C)C[C@@]1(C)C2. The lowest BCUT2D eigenvalue weighted by atomic mass is 9.42. The van der Waals surface area contributed by atoms with Gasteiger partial charge >= 0.3 is 0 Å². The minimum atomic E-state index is -0.863. The molecule has 0 aliphatic heterocycles. The monoisotopic (exact) mass is 516 g/mol. The van der Waals surface area contributed by atoms with Crippen LogP contribution in [-0.2, 0) is 22.4 Å². The van der Waals surface area contributed by atoms with Crippen molar-refractivity contribution in [2.75, 3.05) is 0 Å². The maximum atomic E-state index is 14.7. The van der Waals surface area contributed by atoms with Gasteiger partial charge in [-0.2, -0.15) is 0 Å². The van der Waals surface area contributed by atoms with E-state index in [2.05, 4.69) is 54.5 Å². The average Bonchev–Trinajstić information content (AvgIpc) is 2.79. The zero-order chi connectivity index (χ0) is 28.5. The van der Waals surface area contributed by atoms with Crippen molar-refractivity contribution in [1.29, 1.82) is 0 Å². The highest BCUT2D eigenvalue weighted by Gasteiger charge is 2.63. The molecule has 4 rings (SSSR count). The Morgan fingerprint density at radius 3 is 2.21 bits per heavy atom. The van der Waals surface area contributed by atoms with E-state index in [-0.39, 0.29) is 28.2 Å². The van der Waals surface area contributed by atoms with Crippen LogP contribution in [0.15, 0.2) is 28.4 Å². The molecule has 0 radical (unpaired) electrons. The highest BCUT2D eigenvalue weighted by atomic mass is 16.2. The number of ketones is 3. The van der Waals surface area contributed by atoms with Crippen LogP contribution >= 0.6 is 0 Å². The number of carbonyl (C=O) groups excluding carboxylic acids is 3. The van der Waals surface area contributed by atoms with Gasteiger partial charge in [-0.15, -0.1) is 0 Å². The third kappa shape index (κ3) is 3.94. The van der Waals surface area contributed by atoms with Gasteiger partial charge in [-0.1, -0.05) is 65.2 Å². The van der Waals surface area contributed by atoms with Crippen molar-refractivity contribution in [3.05, 3.63) is 56.2 Å². The summed E-state index contributed by atoms with van der Waals surface area (Å²) in [7, 11) is 0. The molecule has 4 atom stereocenters. The largest absolute Gasteiger partial charge is 0.294 e.